The van der Waals surface area contributed by atoms with Crippen LogP contribution in [-0.4, -0.2) is 23.1 Å². The van der Waals surface area contributed by atoms with Crippen LogP contribution < -0.4 is 5.32 Å². The lowest BCUT2D eigenvalue weighted by Gasteiger charge is -2.15. The quantitative estimate of drug-likeness (QED) is 0.823. The van der Waals surface area contributed by atoms with Crippen molar-refractivity contribution in [2.24, 2.45) is 5.92 Å². The lowest BCUT2D eigenvalue weighted by atomic mass is 10.1. The Hall–Kier alpha value is -1.00. The SMILES string of the molecule is CCOC(C)c1nc(C)c(CNCC(C)C)c(C)n1. The molecule has 1 rings (SSSR count). The van der Waals surface area contributed by atoms with E-state index in [9.17, 15) is 0 Å². The topological polar surface area (TPSA) is 47.0 Å². The lowest BCUT2D eigenvalue weighted by molar-refractivity contribution is 0.0697. The van der Waals surface area contributed by atoms with Gasteiger partial charge in [-0.15, -0.1) is 0 Å². The Morgan fingerprint density at radius 1 is 1.11 bits per heavy atom. The highest BCUT2D eigenvalue weighted by Crippen LogP contribution is 2.16. The Morgan fingerprint density at radius 2 is 1.68 bits per heavy atom. The van der Waals surface area contributed by atoms with Crippen molar-refractivity contribution in [2.45, 2.75) is 54.2 Å². The van der Waals surface area contributed by atoms with Gasteiger partial charge in [0.2, 0.25) is 0 Å². The van der Waals surface area contributed by atoms with E-state index in [0.717, 1.165) is 30.3 Å². The first kappa shape index (κ1) is 16.1. The number of rotatable bonds is 7. The molecule has 1 heterocycles. The molecule has 19 heavy (non-hydrogen) atoms. The first-order chi connectivity index (χ1) is 8.95. The van der Waals surface area contributed by atoms with Gasteiger partial charge in [-0.05, 0) is 40.2 Å². The van der Waals surface area contributed by atoms with Crippen LogP contribution in [0.1, 0.15) is 56.6 Å². The van der Waals surface area contributed by atoms with Gasteiger partial charge in [0.1, 0.15) is 6.10 Å². The molecular weight excluding hydrogens is 238 g/mol. The molecule has 0 bridgehead atoms. The van der Waals surface area contributed by atoms with Crippen LogP contribution in [0, 0.1) is 19.8 Å². The summed E-state index contributed by atoms with van der Waals surface area (Å²) in [6, 6.07) is 0. The normalized spacial score (nSPS) is 13.0. The van der Waals surface area contributed by atoms with E-state index < -0.39 is 0 Å². The van der Waals surface area contributed by atoms with Gasteiger partial charge in [-0.25, -0.2) is 9.97 Å². The summed E-state index contributed by atoms with van der Waals surface area (Å²) < 4.78 is 5.55. The summed E-state index contributed by atoms with van der Waals surface area (Å²) in [5.41, 5.74) is 3.30. The van der Waals surface area contributed by atoms with Crippen molar-refractivity contribution in [3.05, 3.63) is 22.8 Å². The highest BCUT2D eigenvalue weighted by Gasteiger charge is 2.13. The zero-order chi connectivity index (χ0) is 14.4. The van der Waals surface area contributed by atoms with Crippen molar-refractivity contribution in [2.75, 3.05) is 13.2 Å². The predicted octanol–water partition coefficient (Wildman–Crippen LogP) is 2.94. The number of aromatic nitrogens is 2. The molecule has 1 atom stereocenters. The van der Waals surface area contributed by atoms with Crippen LogP contribution in [0.5, 0.6) is 0 Å². The van der Waals surface area contributed by atoms with Gasteiger partial charge in [-0.2, -0.15) is 0 Å². The molecule has 0 fully saturated rings. The van der Waals surface area contributed by atoms with Crippen molar-refractivity contribution in [1.29, 1.82) is 0 Å². The third kappa shape index (κ3) is 4.88. The summed E-state index contributed by atoms with van der Waals surface area (Å²) in [5, 5.41) is 3.45. The lowest BCUT2D eigenvalue weighted by Crippen LogP contribution is -2.21. The Kier molecular flexibility index (Phi) is 6.38. The van der Waals surface area contributed by atoms with Crippen molar-refractivity contribution in [3.63, 3.8) is 0 Å². The summed E-state index contributed by atoms with van der Waals surface area (Å²) in [5.74, 6) is 1.43. The van der Waals surface area contributed by atoms with E-state index in [1.54, 1.807) is 0 Å². The van der Waals surface area contributed by atoms with Crippen LogP contribution in [-0.2, 0) is 11.3 Å². The number of nitrogens with one attached hydrogen (secondary N) is 1. The summed E-state index contributed by atoms with van der Waals surface area (Å²) in [6.07, 6.45) is -0.0416. The van der Waals surface area contributed by atoms with E-state index in [1.807, 2.05) is 27.7 Å². The largest absolute Gasteiger partial charge is 0.371 e. The molecule has 1 N–H and O–H groups in total. The molecule has 1 unspecified atom stereocenters. The average Bonchev–Trinajstić information content (AvgIpc) is 2.32. The molecule has 0 saturated heterocycles. The second kappa shape index (κ2) is 7.56. The number of hydrogen-bond acceptors (Lipinski definition) is 4. The second-order valence-electron chi connectivity index (χ2n) is 5.35. The smallest absolute Gasteiger partial charge is 0.157 e. The fourth-order valence-corrected chi connectivity index (χ4v) is 2.01. The fourth-order valence-electron chi connectivity index (χ4n) is 2.01. The van der Waals surface area contributed by atoms with Crippen molar-refractivity contribution >= 4 is 0 Å². The zero-order valence-corrected chi connectivity index (χ0v) is 13.1. The first-order valence-electron chi connectivity index (χ1n) is 7.12. The number of aryl methyl sites for hydroxylation is 2. The van der Waals surface area contributed by atoms with Crippen LogP contribution in [0.15, 0.2) is 0 Å². The van der Waals surface area contributed by atoms with Gasteiger partial charge in [-0.1, -0.05) is 13.8 Å². The molecule has 0 amide bonds. The maximum Gasteiger partial charge on any atom is 0.157 e. The van der Waals surface area contributed by atoms with Crippen LogP contribution >= 0.6 is 0 Å². The van der Waals surface area contributed by atoms with Crippen LogP contribution in [0.4, 0.5) is 0 Å². The third-order valence-corrected chi connectivity index (χ3v) is 3.07. The third-order valence-electron chi connectivity index (χ3n) is 3.07. The highest BCUT2D eigenvalue weighted by molar-refractivity contribution is 5.24. The molecule has 1 aromatic rings. The minimum absolute atomic E-state index is 0.0416. The summed E-state index contributed by atoms with van der Waals surface area (Å²) in [6.45, 7) is 15.0. The molecule has 0 aliphatic carbocycles. The maximum absolute atomic E-state index is 5.55. The molecule has 0 radical (unpaired) electrons. The fraction of sp³-hybridized carbons (Fsp3) is 0.733. The minimum atomic E-state index is -0.0416. The Balaban J connectivity index is 2.79. The Bertz CT molecular complexity index is 381. The van der Waals surface area contributed by atoms with E-state index in [4.69, 9.17) is 4.74 Å². The molecule has 108 valence electrons. The van der Waals surface area contributed by atoms with E-state index in [0.29, 0.717) is 12.5 Å². The molecule has 0 saturated carbocycles. The highest BCUT2D eigenvalue weighted by atomic mass is 16.5. The average molecular weight is 265 g/mol. The monoisotopic (exact) mass is 265 g/mol. The van der Waals surface area contributed by atoms with Crippen LogP contribution in [0.25, 0.3) is 0 Å². The van der Waals surface area contributed by atoms with E-state index >= 15 is 0 Å². The standard InChI is InChI=1S/C15H27N3O/c1-7-19-13(6)15-17-11(4)14(12(5)18-15)9-16-8-10(2)3/h10,13,16H,7-9H2,1-6H3. The molecule has 4 nitrogen and oxygen atoms in total. The van der Waals surface area contributed by atoms with E-state index in [-0.39, 0.29) is 6.10 Å². The molecule has 4 heteroatoms. The number of nitrogens with zero attached hydrogens (tertiary/aromatic N) is 2. The number of hydrogen-bond donors (Lipinski definition) is 1. The van der Waals surface area contributed by atoms with E-state index in [1.165, 1.54) is 5.56 Å². The predicted molar refractivity (Wildman–Crippen MR) is 78.1 cm³/mol. The molecule has 0 aromatic carbocycles. The summed E-state index contributed by atoms with van der Waals surface area (Å²) >= 11 is 0. The minimum Gasteiger partial charge on any atom is -0.371 e. The van der Waals surface area contributed by atoms with Gasteiger partial charge in [0, 0.05) is 30.1 Å². The summed E-state index contributed by atoms with van der Waals surface area (Å²) in [4.78, 5) is 9.15. The maximum atomic E-state index is 5.55. The van der Waals surface area contributed by atoms with Gasteiger partial charge in [0.25, 0.3) is 0 Å². The van der Waals surface area contributed by atoms with Crippen LogP contribution in [0.2, 0.25) is 0 Å². The molecule has 0 aliphatic heterocycles. The van der Waals surface area contributed by atoms with Crippen molar-refractivity contribution in [1.82, 2.24) is 15.3 Å². The molecular formula is C15H27N3O. The molecule has 0 aliphatic rings. The van der Waals surface area contributed by atoms with Gasteiger partial charge < -0.3 is 10.1 Å². The van der Waals surface area contributed by atoms with Gasteiger partial charge in [0.15, 0.2) is 5.82 Å². The zero-order valence-electron chi connectivity index (χ0n) is 13.1. The number of ether oxygens (including phenoxy) is 1. The van der Waals surface area contributed by atoms with Gasteiger partial charge >= 0.3 is 0 Å². The van der Waals surface area contributed by atoms with Crippen molar-refractivity contribution < 1.29 is 4.74 Å². The molecule has 0 spiro atoms. The second-order valence-corrected chi connectivity index (χ2v) is 5.35. The van der Waals surface area contributed by atoms with Crippen molar-refractivity contribution in [3.8, 4) is 0 Å². The van der Waals surface area contributed by atoms with Gasteiger partial charge in [0.05, 0.1) is 0 Å². The molecule has 1 aromatic heterocycles. The van der Waals surface area contributed by atoms with E-state index in [2.05, 4.69) is 29.1 Å². The van der Waals surface area contributed by atoms with Gasteiger partial charge in [-0.3, -0.25) is 0 Å². The first-order valence-corrected chi connectivity index (χ1v) is 7.12. The Morgan fingerprint density at radius 3 is 2.16 bits per heavy atom. The summed E-state index contributed by atoms with van der Waals surface area (Å²) in [7, 11) is 0. The van der Waals surface area contributed by atoms with Crippen LogP contribution in [0.3, 0.4) is 0 Å². The Labute approximate surface area is 117 Å².